The second-order valence-electron chi connectivity index (χ2n) is 4.50. The zero-order chi connectivity index (χ0) is 16.2. The summed E-state index contributed by atoms with van der Waals surface area (Å²) < 4.78 is 31.2. The number of ether oxygens (including phenoxy) is 1. The average Bonchev–Trinajstić information content (AvgIpc) is 2.38. The van der Waals surface area contributed by atoms with Gasteiger partial charge in [-0.1, -0.05) is 29.3 Å². The summed E-state index contributed by atoms with van der Waals surface area (Å²) in [6, 6.07) is 3.90. The second-order valence-corrected chi connectivity index (χ2v) is 7.15. The average molecular weight is 354 g/mol. The number of sulfonamides is 1. The molecule has 0 unspecified atom stereocenters. The first-order chi connectivity index (χ1) is 9.71. The molecule has 1 rings (SSSR count). The number of esters is 1. The van der Waals surface area contributed by atoms with E-state index in [1.807, 2.05) is 0 Å². The van der Waals surface area contributed by atoms with E-state index >= 15 is 0 Å². The van der Waals surface area contributed by atoms with Crippen molar-refractivity contribution >= 4 is 39.2 Å². The highest BCUT2D eigenvalue weighted by atomic mass is 35.5. The first-order valence-corrected chi connectivity index (χ1v) is 8.52. The van der Waals surface area contributed by atoms with Gasteiger partial charge >= 0.3 is 5.97 Å². The van der Waals surface area contributed by atoms with Crippen molar-refractivity contribution in [2.24, 2.45) is 0 Å². The normalized spacial score (nSPS) is 12.0. The fourth-order valence-electron chi connectivity index (χ4n) is 1.69. The van der Waals surface area contributed by atoms with Crippen molar-refractivity contribution in [2.75, 3.05) is 13.2 Å². The Morgan fingerprint density at radius 3 is 2.48 bits per heavy atom. The summed E-state index contributed by atoms with van der Waals surface area (Å²) in [4.78, 5) is 11.5. The van der Waals surface area contributed by atoms with E-state index in [2.05, 4.69) is 0 Å². The van der Waals surface area contributed by atoms with Crippen molar-refractivity contribution in [3.8, 4) is 0 Å². The minimum absolute atomic E-state index is 0.0614. The molecule has 0 saturated heterocycles. The van der Waals surface area contributed by atoms with Gasteiger partial charge in [0, 0.05) is 6.04 Å². The van der Waals surface area contributed by atoms with Crippen molar-refractivity contribution in [3.63, 3.8) is 0 Å². The van der Waals surface area contributed by atoms with Gasteiger partial charge in [-0.15, -0.1) is 0 Å². The van der Waals surface area contributed by atoms with Gasteiger partial charge < -0.3 is 4.74 Å². The number of rotatable bonds is 6. The van der Waals surface area contributed by atoms with Gasteiger partial charge in [-0.2, -0.15) is 4.31 Å². The van der Waals surface area contributed by atoms with Crippen molar-refractivity contribution in [1.82, 2.24) is 4.31 Å². The molecule has 0 aromatic heterocycles. The topological polar surface area (TPSA) is 63.7 Å². The first-order valence-electron chi connectivity index (χ1n) is 6.33. The molecular weight excluding hydrogens is 337 g/mol. The van der Waals surface area contributed by atoms with Crippen molar-refractivity contribution in [2.45, 2.75) is 31.7 Å². The molecule has 0 radical (unpaired) electrons. The minimum Gasteiger partial charge on any atom is -0.465 e. The maximum absolute atomic E-state index is 12.7. The third-order valence-corrected chi connectivity index (χ3v) is 5.66. The molecule has 1 aromatic rings. The van der Waals surface area contributed by atoms with Gasteiger partial charge in [0.1, 0.15) is 11.4 Å². The molecular formula is C13H17Cl2NO4S. The van der Waals surface area contributed by atoms with Gasteiger partial charge in [0.2, 0.25) is 10.0 Å². The van der Waals surface area contributed by atoms with Crippen LogP contribution in [0, 0.1) is 0 Å². The van der Waals surface area contributed by atoms with Crippen molar-refractivity contribution in [1.29, 1.82) is 0 Å². The largest absolute Gasteiger partial charge is 0.465 e. The van der Waals surface area contributed by atoms with E-state index in [0.29, 0.717) is 0 Å². The summed E-state index contributed by atoms with van der Waals surface area (Å²) in [6.45, 7) is 4.78. The second kappa shape index (κ2) is 7.45. The Morgan fingerprint density at radius 1 is 1.33 bits per heavy atom. The summed E-state index contributed by atoms with van der Waals surface area (Å²) in [7, 11) is -3.95. The van der Waals surface area contributed by atoms with Crippen molar-refractivity contribution < 1.29 is 17.9 Å². The van der Waals surface area contributed by atoms with Gasteiger partial charge in [0.25, 0.3) is 0 Å². The van der Waals surface area contributed by atoms with Crippen LogP contribution in [0.25, 0.3) is 0 Å². The summed E-state index contributed by atoms with van der Waals surface area (Å²) in [5.41, 5.74) is 0. The number of carbonyl (C=O) groups is 1. The van der Waals surface area contributed by atoms with Crippen LogP contribution < -0.4 is 0 Å². The molecule has 1 aromatic carbocycles. The Hall–Kier alpha value is -0.820. The van der Waals surface area contributed by atoms with Crippen LogP contribution in [-0.2, 0) is 19.6 Å². The Labute approximate surface area is 134 Å². The Balaban J connectivity index is 3.23. The van der Waals surface area contributed by atoms with Gasteiger partial charge in [-0.05, 0) is 32.9 Å². The number of benzene rings is 1. The number of hydrogen-bond donors (Lipinski definition) is 0. The predicted octanol–water partition coefficient (Wildman–Crippen LogP) is 2.96. The number of carbonyl (C=O) groups excluding carboxylic acids is 1. The SMILES string of the molecule is CCOC(=O)CN(C(C)C)S(=O)(=O)c1cccc(Cl)c1Cl. The zero-order valence-corrected chi connectivity index (χ0v) is 14.3. The molecule has 0 spiro atoms. The molecule has 0 saturated carbocycles. The third-order valence-electron chi connectivity index (χ3n) is 2.67. The van der Waals surface area contributed by atoms with Gasteiger partial charge in [-0.25, -0.2) is 8.42 Å². The lowest BCUT2D eigenvalue weighted by molar-refractivity contribution is -0.143. The van der Waals surface area contributed by atoms with Crippen LogP contribution in [-0.4, -0.2) is 37.9 Å². The van der Waals surface area contributed by atoms with Crippen molar-refractivity contribution in [3.05, 3.63) is 28.2 Å². The molecule has 0 heterocycles. The van der Waals surface area contributed by atoms with Crippen LogP contribution in [0.2, 0.25) is 10.0 Å². The quantitative estimate of drug-likeness (QED) is 0.737. The summed E-state index contributed by atoms with van der Waals surface area (Å²) in [5, 5.41) is 0.0752. The fourth-order valence-corrected chi connectivity index (χ4v) is 4.01. The molecule has 0 aliphatic carbocycles. The van der Waals surface area contributed by atoms with E-state index in [0.717, 1.165) is 4.31 Å². The maximum atomic E-state index is 12.7. The maximum Gasteiger partial charge on any atom is 0.321 e. The van der Waals surface area contributed by atoms with E-state index in [4.69, 9.17) is 27.9 Å². The van der Waals surface area contributed by atoms with E-state index < -0.39 is 22.0 Å². The summed E-state index contributed by atoms with van der Waals surface area (Å²) in [5.74, 6) is -0.618. The molecule has 0 bridgehead atoms. The lowest BCUT2D eigenvalue weighted by Crippen LogP contribution is -2.41. The fraction of sp³-hybridized carbons (Fsp3) is 0.462. The van der Waals surface area contributed by atoms with Crippen LogP contribution in [0.5, 0.6) is 0 Å². The first kappa shape index (κ1) is 18.2. The smallest absolute Gasteiger partial charge is 0.321 e. The minimum atomic E-state index is -3.95. The molecule has 118 valence electrons. The lowest BCUT2D eigenvalue weighted by Gasteiger charge is -2.25. The molecule has 0 amide bonds. The van der Waals surface area contributed by atoms with E-state index in [1.54, 1.807) is 20.8 Å². The molecule has 21 heavy (non-hydrogen) atoms. The predicted molar refractivity (Wildman–Crippen MR) is 82.1 cm³/mol. The number of halogens is 2. The molecule has 8 heteroatoms. The molecule has 0 fully saturated rings. The van der Waals surface area contributed by atoms with Gasteiger partial charge in [0.05, 0.1) is 16.7 Å². The zero-order valence-electron chi connectivity index (χ0n) is 12.0. The van der Waals surface area contributed by atoms with Crippen LogP contribution in [0.4, 0.5) is 0 Å². The number of nitrogens with zero attached hydrogens (tertiary/aromatic N) is 1. The lowest BCUT2D eigenvalue weighted by atomic mass is 10.4. The Bertz CT molecular complexity index is 617. The molecule has 0 atom stereocenters. The van der Waals surface area contributed by atoms with E-state index in [-0.39, 0.29) is 28.1 Å². The van der Waals surface area contributed by atoms with Gasteiger partial charge in [-0.3, -0.25) is 4.79 Å². The molecule has 5 nitrogen and oxygen atoms in total. The summed E-state index contributed by atoms with van der Waals surface area (Å²) >= 11 is 11.8. The molecule has 0 aliphatic heterocycles. The monoisotopic (exact) mass is 353 g/mol. The standard InChI is InChI=1S/C13H17Cl2NO4S/c1-4-20-12(17)8-16(9(2)3)21(18,19)11-7-5-6-10(14)13(11)15/h5-7,9H,4,8H2,1-3H3. The van der Waals surface area contributed by atoms with Crippen LogP contribution in [0.1, 0.15) is 20.8 Å². The van der Waals surface area contributed by atoms with Crippen LogP contribution in [0.15, 0.2) is 23.1 Å². The highest BCUT2D eigenvalue weighted by molar-refractivity contribution is 7.89. The Kier molecular flexibility index (Phi) is 6.46. The number of hydrogen-bond acceptors (Lipinski definition) is 4. The Morgan fingerprint density at radius 2 is 1.95 bits per heavy atom. The highest BCUT2D eigenvalue weighted by Gasteiger charge is 2.31. The van der Waals surface area contributed by atoms with Crippen LogP contribution in [0.3, 0.4) is 0 Å². The van der Waals surface area contributed by atoms with E-state index in [1.165, 1.54) is 18.2 Å². The summed E-state index contributed by atoms with van der Waals surface area (Å²) in [6.07, 6.45) is 0. The molecule has 0 aliphatic rings. The van der Waals surface area contributed by atoms with Gasteiger partial charge in [0.15, 0.2) is 0 Å². The van der Waals surface area contributed by atoms with E-state index in [9.17, 15) is 13.2 Å². The highest BCUT2D eigenvalue weighted by Crippen LogP contribution is 2.31. The molecule has 0 N–H and O–H groups in total. The van der Waals surface area contributed by atoms with Crippen LogP contribution >= 0.6 is 23.2 Å². The third kappa shape index (κ3) is 4.32.